The molecule has 2 nitrogen and oxygen atoms in total. The molecular weight excluding hydrogens is 174 g/mol. The molecule has 1 aliphatic rings. The lowest BCUT2D eigenvalue weighted by Crippen LogP contribution is -2.11. The standard InChI is InChI=1S/C12H17NO/c1-3-9-5-4-6-10-7-8-11(14-2)13-12(9)10/h7-9H,3-6H2,1-2H3. The van der Waals surface area contributed by atoms with Gasteiger partial charge >= 0.3 is 0 Å². The zero-order valence-corrected chi connectivity index (χ0v) is 8.92. The number of ether oxygens (including phenoxy) is 1. The number of nitrogens with zero attached hydrogens (tertiary/aromatic N) is 1. The van der Waals surface area contributed by atoms with E-state index in [0.29, 0.717) is 5.92 Å². The summed E-state index contributed by atoms with van der Waals surface area (Å²) < 4.78 is 5.16. The van der Waals surface area contributed by atoms with Crippen molar-refractivity contribution in [1.82, 2.24) is 4.98 Å². The molecule has 0 saturated carbocycles. The minimum absolute atomic E-state index is 0.647. The van der Waals surface area contributed by atoms with Crippen LogP contribution in [0.3, 0.4) is 0 Å². The van der Waals surface area contributed by atoms with E-state index in [4.69, 9.17) is 4.74 Å². The Bertz CT molecular complexity index is 322. The first-order valence-electron chi connectivity index (χ1n) is 5.39. The summed E-state index contributed by atoms with van der Waals surface area (Å²) in [7, 11) is 1.68. The Morgan fingerprint density at radius 1 is 1.50 bits per heavy atom. The Hall–Kier alpha value is -1.05. The van der Waals surface area contributed by atoms with Gasteiger partial charge in [-0.1, -0.05) is 13.0 Å². The van der Waals surface area contributed by atoms with Gasteiger partial charge in [0.2, 0.25) is 5.88 Å². The van der Waals surface area contributed by atoms with Crippen molar-refractivity contribution in [1.29, 1.82) is 0 Å². The van der Waals surface area contributed by atoms with E-state index in [1.807, 2.05) is 6.07 Å². The lowest BCUT2D eigenvalue weighted by Gasteiger charge is -2.23. The van der Waals surface area contributed by atoms with E-state index >= 15 is 0 Å². The van der Waals surface area contributed by atoms with Crippen molar-refractivity contribution in [3.63, 3.8) is 0 Å². The molecule has 1 atom stereocenters. The highest BCUT2D eigenvalue weighted by Gasteiger charge is 2.20. The van der Waals surface area contributed by atoms with E-state index in [0.717, 1.165) is 5.88 Å². The van der Waals surface area contributed by atoms with Gasteiger partial charge in [-0.05, 0) is 31.2 Å². The Kier molecular flexibility index (Phi) is 2.71. The Morgan fingerprint density at radius 2 is 2.36 bits per heavy atom. The summed E-state index contributed by atoms with van der Waals surface area (Å²) in [6.45, 7) is 2.24. The number of methoxy groups -OCH3 is 1. The summed E-state index contributed by atoms with van der Waals surface area (Å²) >= 11 is 0. The molecular formula is C12H17NO. The van der Waals surface area contributed by atoms with Crippen LogP contribution in [0.15, 0.2) is 12.1 Å². The summed E-state index contributed by atoms with van der Waals surface area (Å²) in [6.07, 6.45) is 4.96. The second-order valence-corrected chi connectivity index (χ2v) is 3.90. The number of fused-ring (bicyclic) bond motifs is 1. The predicted octanol–water partition coefficient (Wildman–Crippen LogP) is 2.92. The molecule has 76 valence electrons. The molecule has 1 heterocycles. The molecule has 2 rings (SSSR count). The van der Waals surface area contributed by atoms with Crippen LogP contribution in [0.25, 0.3) is 0 Å². The summed E-state index contributed by atoms with van der Waals surface area (Å²) in [5, 5.41) is 0. The van der Waals surface area contributed by atoms with Gasteiger partial charge in [0.1, 0.15) is 0 Å². The van der Waals surface area contributed by atoms with Crippen molar-refractivity contribution in [2.75, 3.05) is 7.11 Å². The van der Waals surface area contributed by atoms with Crippen LogP contribution >= 0.6 is 0 Å². The van der Waals surface area contributed by atoms with Crippen molar-refractivity contribution in [2.24, 2.45) is 0 Å². The molecule has 2 heteroatoms. The summed E-state index contributed by atoms with van der Waals surface area (Å²) in [5.74, 6) is 1.40. The van der Waals surface area contributed by atoms with Gasteiger partial charge in [0.05, 0.1) is 12.8 Å². The molecule has 0 saturated heterocycles. The number of aromatic nitrogens is 1. The lowest BCUT2D eigenvalue weighted by atomic mass is 9.85. The molecule has 0 aromatic carbocycles. The van der Waals surface area contributed by atoms with Crippen molar-refractivity contribution < 1.29 is 4.74 Å². The average molecular weight is 191 g/mol. The minimum Gasteiger partial charge on any atom is -0.481 e. The van der Waals surface area contributed by atoms with Gasteiger partial charge < -0.3 is 4.74 Å². The van der Waals surface area contributed by atoms with E-state index in [1.54, 1.807) is 7.11 Å². The fourth-order valence-electron chi connectivity index (χ4n) is 2.24. The second kappa shape index (κ2) is 3.99. The van der Waals surface area contributed by atoms with Gasteiger partial charge in [-0.3, -0.25) is 0 Å². The predicted molar refractivity (Wildman–Crippen MR) is 56.8 cm³/mol. The molecule has 0 N–H and O–H groups in total. The number of hydrogen-bond acceptors (Lipinski definition) is 2. The first-order valence-corrected chi connectivity index (χ1v) is 5.39. The van der Waals surface area contributed by atoms with Crippen LogP contribution in [0.2, 0.25) is 0 Å². The van der Waals surface area contributed by atoms with Gasteiger partial charge in [-0.25, -0.2) is 4.98 Å². The minimum atomic E-state index is 0.647. The largest absolute Gasteiger partial charge is 0.481 e. The third-order valence-corrected chi connectivity index (χ3v) is 3.07. The lowest BCUT2D eigenvalue weighted by molar-refractivity contribution is 0.391. The monoisotopic (exact) mass is 191 g/mol. The average Bonchev–Trinajstić information content (AvgIpc) is 2.27. The molecule has 0 amide bonds. The maximum absolute atomic E-state index is 5.16. The van der Waals surface area contributed by atoms with Crippen LogP contribution in [0.5, 0.6) is 5.88 Å². The smallest absolute Gasteiger partial charge is 0.213 e. The van der Waals surface area contributed by atoms with E-state index in [9.17, 15) is 0 Å². The first kappa shape index (κ1) is 9.50. The van der Waals surface area contributed by atoms with Crippen molar-refractivity contribution in [2.45, 2.75) is 38.5 Å². The van der Waals surface area contributed by atoms with E-state index in [1.165, 1.54) is 36.9 Å². The number of hydrogen-bond donors (Lipinski definition) is 0. The fraction of sp³-hybridized carbons (Fsp3) is 0.583. The SMILES string of the molecule is CCC1CCCc2ccc(OC)nc21. The first-order chi connectivity index (χ1) is 6.85. The van der Waals surface area contributed by atoms with Crippen LogP contribution in [-0.2, 0) is 6.42 Å². The molecule has 0 bridgehead atoms. The van der Waals surface area contributed by atoms with Crippen LogP contribution in [-0.4, -0.2) is 12.1 Å². The number of rotatable bonds is 2. The van der Waals surface area contributed by atoms with E-state index in [-0.39, 0.29) is 0 Å². The molecule has 14 heavy (non-hydrogen) atoms. The van der Waals surface area contributed by atoms with Gasteiger partial charge in [0.15, 0.2) is 0 Å². The maximum atomic E-state index is 5.16. The quantitative estimate of drug-likeness (QED) is 0.717. The third kappa shape index (κ3) is 1.61. The van der Waals surface area contributed by atoms with Gasteiger partial charge in [0, 0.05) is 12.0 Å². The zero-order chi connectivity index (χ0) is 9.97. The van der Waals surface area contributed by atoms with E-state index < -0.39 is 0 Å². The molecule has 1 aliphatic carbocycles. The summed E-state index contributed by atoms with van der Waals surface area (Å²) in [6, 6.07) is 4.14. The normalized spacial score (nSPS) is 20.3. The molecule has 1 unspecified atom stereocenters. The van der Waals surface area contributed by atoms with E-state index in [2.05, 4.69) is 18.0 Å². The number of pyridine rings is 1. The highest BCUT2D eigenvalue weighted by atomic mass is 16.5. The summed E-state index contributed by atoms with van der Waals surface area (Å²) in [4.78, 5) is 4.56. The molecule has 0 fully saturated rings. The molecule has 0 radical (unpaired) electrons. The molecule has 0 spiro atoms. The van der Waals surface area contributed by atoms with Gasteiger partial charge in [0.25, 0.3) is 0 Å². The zero-order valence-electron chi connectivity index (χ0n) is 8.92. The maximum Gasteiger partial charge on any atom is 0.213 e. The molecule has 0 aliphatic heterocycles. The van der Waals surface area contributed by atoms with Crippen molar-refractivity contribution >= 4 is 0 Å². The van der Waals surface area contributed by atoms with Gasteiger partial charge in [-0.2, -0.15) is 0 Å². The van der Waals surface area contributed by atoms with Crippen LogP contribution in [0.4, 0.5) is 0 Å². The fourth-order valence-corrected chi connectivity index (χ4v) is 2.24. The third-order valence-electron chi connectivity index (χ3n) is 3.07. The Balaban J connectivity index is 2.38. The van der Waals surface area contributed by atoms with Crippen LogP contribution < -0.4 is 4.74 Å². The highest BCUT2D eigenvalue weighted by Crippen LogP contribution is 2.33. The van der Waals surface area contributed by atoms with Gasteiger partial charge in [-0.15, -0.1) is 0 Å². The van der Waals surface area contributed by atoms with Crippen molar-refractivity contribution in [3.05, 3.63) is 23.4 Å². The second-order valence-electron chi connectivity index (χ2n) is 3.90. The Labute approximate surface area is 85.3 Å². The highest BCUT2D eigenvalue weighted by molar-refractivity contribution is 5.30. The molecule has 1 aromatic rings. The summed E-state index contributed by atoms with van der Waals surface area (Å²) in [5.41, 5.74) is 2.70. The van der Waals surface area contributed by atoms with Crippen molar-refractivity contribution in [3.8, 4) is 5.88 Å². The Morgan fingerprint density at radius 3 is 3.07 bits per heavy atom. The molecule has 1 aromatic heterocycles. The van der Waals surface area contributed by atoms with Crippen LogP contribution in [0, 0.1) is 0 Å². The van der Waals surface area contributed by atoms with Crippen LogP contribution in [0.1, 0.15) is 43.4 Å². The number of aryl methyl sites for hydroxylation is 1. The topological polar surface area (TPSA) is 22.1 Å².